The van der Waals surface area contributed by atoms with Crippen LogP contribution in [-0.2, 0) is 9.84 Å². The highest BCUT2D eigenvalue weighted by Crippen LogP contribution is 2.20. The summed E-state index contributed by atoms with van der Waals surface area (Å²) in [6.45, 7) is 0. The minimum absolute atomic E-state index is 0.00940. The molecule has 4 nitrogen and oxygen atoms in total. The van der Waals surface area contributed by atoms with Crippen LogP contribution in [0, 0.1) is 0 Å². The lowest BCUT2D eigenvalue weighted by molar-refractivity contribution is 0.507. The van der Waals surface area contributed by atoms with Crippen LogP contribution in [0.25, 0.3) is 0 Å². The number of hydrogen-bond donors (Lipinski definition) is 2. The predicted molar refractivity (Wildman–Crippen MR) is 73.2 cm³/mol. The number of hydrazine groups is 1. The topological polar surface area (TPSA) is 72.2 Å². The van der Waals surface area contributed by atoms with Gasteiger partial charge in [-0.2, -0.15) is 0 Å². The van der Waals surface area contributed by atoms with Crippen molar-refractivity contribution in [2.24, 2.45) is 5.84 Å². The normalized spacial score (nSPS) is 13.6. The maximum atomic E-state index is 11.0. The van der Waals surface area contributed by atoms with Gasteiger partial charge in [0.05, 0.1) is 0 Å². The molecule has 0 aliphatic rings. The van der Waals surface area contributed by atoms with Gasteiger partial charge in [0.2, 0.25) is 0 Å². The summed E-state index contributed by atoms with van der Waals surface area (Å²) < 4.78 is 23.1. The van der Waals surface area contributed by atoms with Crippen LogP contribution in [0.3, 0.4) is 0 Å². The Morgan fingerprint density at radius 2 is 1.94 bits per heavy atom. The summed E-state index contributed by atoms with van der Waals surface area (Å²) in [5, 5.41) is 0. The number of benzene rings is 1. The second-order valence-electron chi connectivity index (χ2n) is 4.04. The van der Waals surface area contributed by atoms with E-state index in [2.05, 4.69) is 21.4 Å². The third kappa shape index (κ3) is 5.63. The minimum Gasteiger partial charge on any atom is -0.271 e. The second-order valence-corrected chi connectivity index (χ2v) is 7.22. The Hall–Kier alpha value is -0.430. The van der Waals surface area contributed by atoms with E-state index in [-0.39, 0.29) is 11.8 Å². The first-order valence-corrected chi connectivity index (χ1v) is 8.17. The summed E-state index contributed by atoms with van der Waals surface area (Å²) >= 11 is 3.36. The van der Waals surface area contributed by atoms with Crippen molar-refractivity contribution in [1.82, 2.24) is 5.43 Å². The molecule has 0 aliphatic carbocycles. The molecule has 0 saturated carbocycles. The molecule has 96 valence electrons. The zero-order valence-electron chi connectivity index (χ0n) is 9.69. The maximum Gasteiger partial charge on any atom is 0.147 e. The first kappa shape index (κ1) is 14.6. The fourth-order valence-corrected chi connectivity index (χ4v) is 2.55. The van der Waals surface area contributed by atoms with Crippen molar-refractivity contribution in [2.75, 3.05) is 12.0 Å². The molecular weight excluding hydrogens is 304 g/mol. The largest absolute Gasteiger partial charge is 0.271 e. The van der Waals surface area contributed by atoms with Crippen LogP contribution in [0.15, 0.2) is 28.7 Å². The summed E-state index contributed by atoms with van der Waals surface area (Å²) in [5.74, 6) is 5.68. The number of hydrogen-bond acceptors (Lipinski definition) is 4. The lowest BCUT2D eigenvalue weighted by Gasteiger charge is -2.16. The van der Waals surface area contributed by atoms with E-state index >= 15 is 0 Å². The number of nitrogens with two attached hydrogens (primary N) is 1. The molecule has 3 N–H and O–H groups in total. The first-order chi connectivity index (χ1) is 7.92. The third-order valence-electron chi connectivity index (χ3n) is 2.48. The molecule has 0 aromatic heterocycles. The fourth-order valence-electron chi connectivity index (χ4n) is 1.59. The number of halogens is 1. The Morgan fingerprint density at radius 3 is 2.41 bits per heavy atom. The van der Waals surface area contributed by atoms with E-state index in [9.17, 15) is 8.42 Å². The zero-order valence-corrected chi connectivity index (χ0v) is 12.1. The van der Waals surface area contributed by atoms with Crippen molar-refractivity contribution in [3.8, 4) is 0 Å². The Bertz CT molecular complexity index is 445. The smallest absolute Gasteiger partial charge is 0.147 e. The van der Waals surface area contributed by atoms with Crippen LogP contribution in [0.5, 0.6) is 0 Å². The summed E-state index contributed by atoms with van der Waals surface area (Å²) in [7, 11) is -2.89. The quantitative estimate of drug-likeness (QED) is 0.619. The molecule has 0 heterocycles. The van der Waals surface area contributed by atoms with Crippen LogP contribution in [0.2, 0.25) is 0 Å². The zero-order chi connectivity index (χ0) is 12.9. The van der Waals surface area contributed by atoms with Crippen LogP contribution in [0.4, 0.5) is 0 Å². The molecule has 0 saturated heterocycles. The number of sulfone groups is 1. The Balaban J connectivity index is 2.57. The molecule has 17 heavy (non-hydrogen) atoms. The lowest BCUT2D eigenvalue weighted by atomic mass is 10.0. The molecule has 1 aromatic rings. The standard InChI is InChI=1S/C11H17BrN2O2S/c1-17(15,16)8-2-3-11(14-13)9-4-6-10(12)7-5-9/h4-7,11,14H,2-3,8,13H2,1H3. The van der Waals surface area contributed by atoms with E-state index < -0.39 is 9.84 Å². The van der Waals surface area contributed by atoms with Gasteiger partial charge in [-0.25, -0.2) is 8.42 Å². The molecule has 0 amide bonds. The van der Waals surface area contributed by atoms with E-state index in [4.69, 9.17) is 5.84 Å². The SMILES string of the molecule is CS(=O)(=O)CCCC(NN)c1ccc(Br)cc1. The van der Waals surface area contributed by atoms with Crippen molar-refractivity contribution in [3.63, 3.8) is 0 Å². The van der Waals surface area contributed by atoms with E-state index in [0.717, 1.165) is 10.0 Å². The molecule has 0 fully saturated rings. The first-order valence-electron chi connectivity index (χ1n) is 5.31. The molecular formula is C11H17BrN2O2S. The average Bonchev–Trinajstić information content (AvgIpc) is 2.24. The lowest BCUT2D eigenvalue weighted by Crippen LogP contribution is -2.28. The number of rotatable bonds is 6. The summed E-state index contributed by atoms with van der Waals surface area (Å²) in [5.41, 5.74) is 3.77. The van der Waals surface area contributed by atoms with Gasteiger partial charge in [0.1, 0.15) is 9.84 Å². The van der Waals surface area contributed by atoms with Crippen LogP contribution in [0.1, 0.15) is 24.4 Å². The Morgan fingerprint density at radius 1 is 1.35 bits per heavy atom. The van der Waals surface area contributed by atoms with E-state index in [0.29, 0.717) is 12.8 Å². The maximum absolute atomic E-state index is 11.0. The minimum atomic E-state index is -2.89. The Labute approximate surface area is 111 Å². The van der Waals surface area contributed by atoms with E-state index in [1.54, 1.807) is 0 Å². The molecule has 0 spiro atoms. The number of nitrogens with one attached hydrogen (secondary N) is 1. The van der Waals surface area contributed by atoms with Gasteiger partial charge < -0.3 is 0 Å². The second kappa shape index (κ2) is 6.49. The van der Waals surface area contributed by atoms with Gasteiger partial charge in [-0.3, -0.25) is 11.3 Å². The van der Waals surface area contributed by atoms with Gasteiger partial charge in [-0.15, -0.1) is 0 Å². The fraction of sp³-hybridized carbons (Fsp3) is 0.455. The predicted octanol–water partition coefficient (Wildman–Crippen LogP) is 1.78. The van der Waals surface area contributed by atoms with Gasteiger partial charge in [-0.1, -0.05) is 28.1 Å². The summed E-state index contributed by atoms with van der Waals surface area (Å²) in [6, 6.07) is 7.81. The van der Waals surface area contributed by atoms with Crippen molar-refractivity contribution in [1.29, 1.82) is 0 Å². The van der Waals surface area contributed by atoms with Gasteiger partial charge in [0.25, 0.3) is 0 Å². The van der Waals surface area contributed by atoms with Gasteiger partial charge >= 0.3 is 0 Å². The van der Waals surface area contributed by atoms with Crippen LogP contribution in [-0.4, -0.2) is 20.4 Å². The molecule has 6 heteroatoms. The van der Waals surface area contributed by atoms with Crippen molar-refractivity contribution >= 4 is 25.8 Å². The van der Waals surface area contributed by atoms with Gasteiger partial charge in [0.15, 0.2) is 0 Å². The molecule has 1 rings (SSSR count). The third-order valence-corrected chi connectivity index (χ3v) is 4.04. The molecule has 1 unspecified atom stereocenters. The van der Waals surface area contributed by atoms with Gasteiger partial charge in [-0.05, 0) is 30.5 Å². The highest BCUT2D eigenvalue weighted by atomic mass is 79.9. The monoisotopic (exact) mass is 320 g/mol. The molecule has 0 aliphatic heterocycles. The van der Waals surface area contributed by atoms with Gasteiger partial charge in [0, 0.05) is 22.5 Å². The average molecular weight is 321 g/mol. The molecule has 0 bridgehead atoms. The van der Waals surface area contributed by atoms with E-state index in [1.165, 1.54) is 6.26 Å². The van der Waals surface area contributed by atoms with E-state index in [1.807, 2.05) is 24.3 Å². The van der Waals surface area contributed by atoms with Crippen molar-refractivity contribution < 1.29 is 8.42 Å². The van der Waals surface area contributed by atoms with Crippen LogP contribution < -0.4 is 11.3 Å². The van der Waals surface area contributed by atoms with Crippen LogP contribution >= 0.6 is 15.9 Å². The Kier molecular flexibility index (Phi) is 5.58. The molecule has 1 atom stereocenters. The molecule has 0 radical (unpaired) electrons. The van der Waals surface area contributed by atoms with Crippen molar-refractivity contribution in [2.45, 2.75) is 18.9 Å². The summed E-state index contributed by atoms with van der Waals surface area (Å²) in [6.07, 6.45) is 2.55. The highest BCUT2D eigenvalue weighted by Gasteiger charge is 2.11. The highest BCUT2D eigenvalue weighted by molar-refractivity contribution is 9.10. The van der Waals surface area contributed by atoms with Crippen molar-refractivity contribution in [3.05, 3.63) is 34.3 Å². The summed E-state index contributed by atoms with van der Waals surface area (Å²) in [4.78, 5) is 0. The molecule has 1 aromatic carbocycles.